The Labute approximate surface area is 196 Å². The second-order valence-corrected chi connectivity index (χ2v) is 10.0. The zero-order valence-electron chi connectivity index (χ0n) is 20.5. The Hall–Kier alpha value is -2.61. The molecule has 2 aliphatic heterocycles. The van der Waals surface area contributed by atoms with Crippen LogP contribution in [0.3, 0.4) is 0 Å². The van der Waals surface area contributed by atoms with E-state index in [9.17, 15) is 14.4 Å². The molecule has 3 N–H and O–H groups in total. The highest BCUT2D eigenvalue weighted by molar-refractivity contribution is 5.90. The molecule has 0 aromatic heterocycles. The van der Waals surface area contributed by atoms with E-state index in [1.165, 1.54) is 5.56 Å². The molecule has 0 radical (unpaired) electrons. The summed E-state index contributed by atoms with van der Waals surface area (Å²) in [6, 6.07) is 6.19. The highest BCUT2D eigenvalue weighted by Gasteiger charge is 2.33. The van der Waals surface area contributed by atoms with Crippen LogP contribution < -0.4 is 16.0 Å². The van der Waals surface area contributed by atoms with E-state index >= 15 is 0 Å². The number of nitrogens with zero attached hydrogens (tertiary/aromatic N) is 1. The number of rotatable bonds is 5. The lowest BCUT2D eigenvalue weighted by molar-refractivity contribution is -0.126. The first-order chi connectivity index (χ1) is 15.6. The van der Waals surface area contributed by atoms with E-state index in [1.807, 2.05) is 34.9 Å². The number of hydrogen-bond donors (Lipinski definition) is 3. The molecular formula is C25H38N4O4. The van der Waals surface area contributed by atoms with E-state index in [0.29, 0.717) is 31.8 Å². The Balaban J connectivity index is 1.72. The van der Waals surface area contributed by atoms with Crippen LogP contribution in [0.2, 0.25) is 0 Å². The standard InChI is InChI=1S/C25H38N4O4/c1-25(2,3)33-24(32)29-12-10-16(11-13-29)17-6-8-19(21(14-17)26-4)22(27-5)20-9-7-18(30)15-28-23(20)31/h6,8,14,16,20,22,26-27H,7,9-13,15H2,1-5H3,(H,28,31). The minimum absolute atomic E-state index is 0.0719. The summed E-state index contributed by atoms with van der Waals surface area (Å²) < 4.78 is 5.51. The average molecular weight is 459 g/mol. The fourth-order valence-corrected chi connectivity index (χ4v) is 4.78. The summed E-state index contributed by atoms with van der Waals surface area (Å²) in [6.07, 6.45) is 2.45. The van der Waals surface area contributed by atoms with E-state index in [4.69, 9.17) is 4.74 Å². The Bertz CT molecular complexity index is 872. The number of Topliss-reactive ketones (excluding diaryl/α,β-unsaturated/α-hetero) is 1. The first-order valence-corrected chi connectivity index (χ1v) is 11.9. The number of amides is 2. The normalized spacial score (nSPS) is 21.2. The van der Waals surface area contributed by atoms with Crippen LogP contribution in [0.4, 0.5) is 10.5 Å². The number of anilines is 1. The number of likely N-dealkylation sites (tertiary alicyclic amines) is 1. The van der Waals surface area contributed by atoms with Crippen molar-refractivity contribution in [3.63, 3.8) is 0 Å². The molecule has 2 saturated heterocycles. The molecule has 2 atom stereocenters. The van der Waals surface area contributed by atoms with Crippen LogP contribution in [-0.2, 0) is 14.3 Å². The maximum atomic E-state index is 12.7. The number of hydrogen-bond acceptors (Lipinski definition) is 6. The highest BCUT2D eigenvalue weighted by Crippen LogP contribution is 2.36. The van der Waals surface area contributed by atoms with Crippen molar-refractivity contribution in [2.45, 2.75) is 64.0 Å². The van der Waals surface area contributed by atoms with Crippen molar-refractivity contribution in [1.82, 2.24) is 15.5 Å². The Morgan fingerprint density at radius 3 is 2.45 bits per heavy atom. The van der Waals surface area contributed by atoms with Crippen LogP contribution in [0.25, 0.3) is 0 Å². The van der Waals surface area contributed by atoms with Gasteiger partial charge < -0.3 is 25.6 Å². The zero-order valence-corrected chi connectivity index (χ0v) is 20.5. The maximum Gasteiger partial charge on any atom is 0.410 e. The number of nitrogens with one attached hydrogen (secondary N) is 3. The molecule has 8 nitrogen and oxygen atoms in total. The summed E-state index contributed by atoms with van der Waals surface area (Å²) in [7, 11) is 3.74. The number of carbonyl (C=O) groups excluding carboxylic acids is 3. The lowest BCUT2D eigenvalue weighted by Gasteiger charge is -2.34. The molecular weight excluding hydrogens is 420 g/mol. The molecule has 2 heterocycles. The Morgan fingerprint density at radius 2 is 1.85 bits per heavy atom. The van der Waals surface area contributed by atoms with Crippen molar-refractivity contribution in [2.24, 2.45) is 5.92 Å². The predicted octanol–water partition coefficient (Wildman–Crippen LogP) is 3.20. The van der Waals surface area contributed by atoms with Gasteiger partial charge in [-0.3, -0.25) is 9.59 Å². The third-order valence-electron chi connectivity index (χ3n) is 6.54. The summed E-state index contributed by atoms with van der Waals surface area (Å²) in [5.41, 5.74) is 2.73. The van der Waals surface area contributed by atoms with Crippen molar-refractivity contribution in [3.05, 3.63) is 29.3 Å². The molecule has 2 amide bonds. The average Bonchev–Trinajstić information content (AvgIpc) is 2.94. The van der Waals surface area contributed by atoms with E-state index in [-0.39, 0.29) is 36.3 Å². The van der Waals surface area contributed by atoms with E-state index in [1.54, 1.807) is 4.90 Å². The van der Waals surface area contributed by atoms with Gasteiger partial charge in [-0.2, -0.15) is 0 Å². The van der Waals surface area contributed by atoms with Crippen molar-refractivity contribution in [3.8, 4) is 0 Å². The topological polar surface area (TPSA) is 99.8 Å². The molecule has 33 heavy (non-hydrogen) atoms. The summed E-state index contributed by atoms with van der Waals surface area (Å²) in [5, 5.41) is 9.36. The molecule has 2 unspecified atom stereocenters. The van der Waals surface area contributed by atoms with Crippen LogP contribution in [-0.4, -0.2) is 62.0 Å². The summed E-state index contributed by atoms with van der Waals surface area (Å²) in [6.45, 7) is 7.11. The Kier molecular flexibility index (Phi) is 8.00. The summed E-state index contributed by atoms with van der Waals surface area (Å²) in [5.74, 6) is 0.0385. The smallest absolute Gasteiger partial charge is 0.410 e. The monoisotopic (exact) mass is 458 g/mol. The lowest BCUT2D eigenvalue weighted by Crippen LogP contribution is -2.41. The van der Waals surface area contributed by atoms with Gasteiger partial charge in [-0.1, -0.05) is 12.1 Å². The molecule has 8 heteroatoms. The van der Waals surface area contributed by atoms with Gasteiger partial charge in [0.15, 0.2) is 5.78 Å². The van der Waals surface area contributed by atoms with Gasteiger partial charge in [0.1, 0.15) is 5.60 Å². The quantitative estimate of drug-likeness (QED) is 0.627. The van der Waals surface area contributed by atoms with E-state index in [0.717, 1.165) is 24.1 Å². The van der Waals surface area contributed by atoms with Gasteiger partial charge in [0.25, 0.3) is 0 Å². The fraction of sp³-hybridized carbons (Fsp3) is 0.640. The summed E-state index contributed by atoms with van der Waals surface area (Å²) in [4.78, 5) is 38.6. The van der Waals surface area contributed by atoms with Gasteiger partial charge in [-0.15, -0.1) is 0 Å². The van der Waals surface area contributed by atoms with Crippen LogP contribution in [0.5, 0.6) is 0 Å². The summed E-state index contributed by atoms with van der Waals surface area (Å²) >= 11 is 0. The van der Waals surface area contributed by atoms with Gasteiger partial charge in [0, 0.05) is 38.3 Å². The minimum Gasteiger partial charge on any atom is -0.444 e. The predicted molar refractivity (Wildman–Crippen MR) is 128 cm³/mol. The molecule has 0 saturated carbocycles. The van der Waals surface area contributed by atoms with Crippen molar-refractivity contribution < 1.29 is 19.1 Å². The van der Waals surface area contributed by atoms with Crippen LogP contribution in [0.1, 0.15) is 69.5 Å². The second-order valence-electron chi connectivity index (χ2n) is 10.0. The molecule has 2 aliphatic rings. The molecule has 2 fully saturated rings. The molecule has 3 rings (SSSR count). The zero-order chi connectivity index (χ0) is 24.2. The number of piperidine rings is 1. The molecule has 0 bridgehead atoms. The number of carbonyl (C=O) groups is 3. The largest absolute Gasteiger partial charge is 0.444 e. The number of ether oxygens (including phenoxy) is 1. The van der Waals surface area contributed by atoms with Crippen molar-refractivity contribution >= 4 is 23.5 Å². The van der Waals surface area contributed by atoms with Gasteiger partial charge in [-0.25, -0.2) is 4.79 Å². The minimum atomic E-state index is -0.489. The van der Waals surface area contributed by atoms with Crippen LogP contribution in [0, 0.1) is 5.92 Å². The van der Waals surface area contributed by atoms with Crippen molar-refractivity contribution in [2.75, 3.05) is 39.0 Å². The van der Waals surface area contributed by atoms with E-state index in [2.05, 4.69) is 34.1 Å². The third-order valence-corrected chi connectivity index (χ3v) is 6.54. The number of benzene rings is 1. The van der Waals surface area contributed by atoms with Gasteiger partial charge in [0.2, 0.25) is 5.91 Å². The number of ketones is 1. The molecule has 1 aromatic carbocycles. The third kappa shape index (κ3) is 6.25. The first-order valence-electron chi connectivity index (χ1n) is 11.9. The van der Waals surface area contributed by atoms with E-state index < -0.39 is 5.60 Å². The fourth-order valence-electron chi connectivity index (χ4n) is 4.78. The molecule has 0 spiro atoms. The maximum absolute atomic E-state index is 12.7. The first kappa shape index (κ1) is 25.0. The van der Waals surface area contributed by atoms with Crippen molar-refractivity contribution in [1.29, 1.82) is 0 Å². The Morgan fingerprint density at radius 1 is 1.15 bits per heavy atom. The van der Waals surface area contributed by atoms with Gasteiger partial charge >= 0.3 is 6.09 Å². The highest BCUT2D eigenvalue weighted by atomic mass is 16.6. The van der Waals surface area contributed by atoms with Crippen LogP contribution >= 0.6 is 0 Å². The van der Waals surface area contributed by atoms with Crippen LogP contribution in [0.15, 0.2) is 18.2 Å². The second kappa shape index (κ2) is 10.5. The van der Waals surface area contributed by atoms with Gasteiger partial charge in [0.05, 0.1) is 12.5 Å². The molecule has 0 aliphatic carbocycles. The van der Waals surface area contributed by atoms with Gasteiger partial charge in [-0.05, 0) is 70.2 Å². The molecule has 182 valence electrons. The SMILES string of the molecule is CNc1cc(C2CCN(C(=O)OC(C)(C)C)CC2)ccc1C(NC)C1CCC(=O)CNC1=O. The molecule has 1 aromatic rings. The lowest BCUT2D eigenvalue weighted by atomic mass is 9.84.